The topological polar surface area (TPSA) is 248 Å². The molecule has 2 aliphatic heterocycles. The largest absolute Gasteiger partial charge is 0.394 e. The van der Waals surface area contributed by atoms with Crippen LogP contribution in [0.15, 0.2) is 0 Å². The summed E-state index contributed by atoms with van der Waals surface area (Å²) in [7, 11) is 0. The molecule has 35 heavy (non-hydrogen) atoms. The van der Waals surface area contributed by atoms with Crippen molar-refractivity contribution in [2.45, 2.75) is 118 Å². The van der Waals surface area contributed by atoms with Gasteiger partial charge in [0.25, 0.3) is 0 Å². The van der Waals surface area contributed by atoms with Gasteiger partial charge in [0.1, 0.15) is 48.8 Å². The molecule has 13 N–H and O–H groups in total. The van der Waals surface area contributed by atoms with Crippen molar-refractivity contribution < 1.29 is 49.6 Å². The highest BCUT2D eigenvalue weighted by Gasteiger charge is 2.53. The van der Waals surface area contributed by atoms with Crippen molar-refractivity contribution in [2.24, 2.45) is 17.2 Å². The summed E-state index contributed by atoms with van der Waals surface area (Å²) >= 11 is 0. The van der Waals surface area contributed by atoms with E-state index in [0.29, 0.717) is 13.0 Å². The van der Waals surface area contributed by atoms with Crippen LogP contribution in [0.3, 0.4) is 0 Å². The SMILES string of the molecule is CCCN[C@@H]1CC(N)[C@@H](O[C@H]2OC(CO)[C@@H](O)C(O)C2N)C(O[C@@H]2O[C@H]([C@H](C)N)C(O)C2O)C1O. The van der Waals surface area contributed by atoms with Crippen molar-refractivity contribution in [1.82, 2.24) is 5.32 Å². The quantitative estimate of drug-likeness (QED) is 0.139. The first-order valence-electron chi connectivity index (χ1n) is 12.1. The Labute approximate surface area is 204 Å². The Morgan fingerprint density at radius 1 is 0.914 bits per heavy atom. The molecule has 206 valence electrons. The van der Waals surface area contributed by atoms with Crippen LogP contribution in [0.5, 0.6) is 0 Å². The molecule has 2 heterocycles. The van der Waals surface area contributed by atoms with Gasteiger partial charge in [-0.25, -0.2) is 0 Å². The molecule has 0 bridgehead atoms. The Balaban J connectivity index is 1.82. The molecular formula is C21H42N4O10. The third kappa shape index (κ3) is 6.13. The molecule has 0 aromatic heterocycles. The zero-order chi connectivity index (χ0) is 26.0. The van der Waals surface area contributed by atoms with Crippen molar-refractivity contribution in [1.29, 1.82) is 0 Å². The summed E-state index contributed by atoms with van der Waals surface area (Å²) in [5.41, 5.74) is 18.3. The number of hydrogen-bond acceptors (Lipinski definition) is 14. The van der Waals surface area contributed by atoms with Gasteiger partial charge in [0.2, 0.25) is 0 Å². The lowest BCUT2D eigenvalue weighted by Gasteiger charge is -2.48. The van der Waals surface area contributed by atoms with Crippen LogP contribution in [-0.4, -0.2) is 135 Å². The van der Waals surface area contributed by atoms with Gasteiger partial charge in [-0.3, -0.25) is 0 Å². The lowest BCUT2D eigenvalue weighted by Crippen LogP contribution is -2.68. The molecule has 14 nitrogen and oxygen atoms in total. The monoisotopic (exact) mass is 510 g/mol. The molecule has 2 saturated heterocycles. The third-order valence-corrected chi connectivity index (χ3v) is 6.96. The molecule has 3 aliphatic rings. The Morgan fingerprint density at radius 3 is 2.14 bits per heavy atom. The van der Waals surface area contributed by atoms with E-state index in [1.807, 2.05) is 6.92 Å². The lowest BCUT2D eigenvalue weighted by molar-refractivity contribution is -0.311. The number of aliphatic hydroxyl groups is 6. The first-order valence-corrected chi connectivity index (χ1v) is 12.1. The second-order valence-corrected chi connectivity index (χ2v) is 9.75. The highest BCUT2D eigenvalue weighted by atomic mass is 16.7. The highest BCUT2D eigenvalue weighted by Crippen LogP contribution is 2.33. The molecule has 14 heteroatoms. The van der Waals surface area contributed by atoms with Crippen molar-refractivity contribution in [3.63, 3.8) is 0 Å². The van der Waals surface area contributed by atoms with E-state index in [0.717, 1.165) is 6.42 Å². The summed E-state index contributed by atoms with van der Waals surface area (Å²) in [6.07, 6.45) is -12.6. The smallest absolute Gasteiger partial charge is 0.187 e. The van der Waals surface area contributed by atoms with Crippen LogP contribution >= 0.6 is 0 Å². The maximum Gasteiger partial charge on any atom is 0.187 e. The average molecular weight is 511 g/mol. The van der Waals surface area contributed by atoms with Gasteiger partial charge in [-0.2, -0.15) is 0 Å². The maximum absolute atomic E-state index is 11.2. The first kappa shape index (κ1) is 29.0. The molecule has 1 aliphatic carbocycles. The van der Waals surface area contributed by atoms with E-state index in [1.165, 1.54) is 0 Å². The van der Waals surface area contributed by atoms with Gasteiger partial charge in [-0.1, -0.05) is 6.92 Å². The van der Waals surface area contributed by atoms with E-state index in [2.05, 4.69) is 5.32 Å². The molecule has 0 spiro atoms. The van der Waals surface area contributed by atoms with E-state index < -0.39 is 98.3 Å². The van der Waals surface area contributed by atoms with Crippen LogP contribution < -0.4 is 22.5 Å². The minimum absolute atomic E-state index is 0.293. The molecule has 0 aromatic carbocycles. The van der Waals surface area contributed by atoms with E-state index in [9.17, 15) is 30.6 Å². The summed E-state index contributed by atoms with van der Waals surface area (Å²) < 4.78 is 23.2. The van der Waals surface area contributed by atoms with E-state index in [-0.39, 0.29) is 0 Å². The third-order valence-electron chi connectivity index (χ3n) is 6.96. The summed E-state index contributed by atoms with van der Waals surface area (Å²) in [6.45, 7) is 3.61. The van der Waals surface area contributed by atoms with Crippen molar-refractivity contribution in [3.8, 4) is 0 Å². The number of hydrogen-bond donors (Lipinski definition) is 10. The normalized spacial score (nSPS) is 49.8. The second-order valence-electron chi connectivity index (χ2n) is 9.75. The standard InChI is InChI=1S/C21H42N4O10/c1-3-4-25-9-5-8(23)18(34-20-11(24)14(29)13(28)10(6-26)32-20)19(12(9)27)35-21-16(31)15(30)17(33-21)7(2)22/h7-21,25-31H,3-6,22-24H2,1-2H3/t7-,8?,9+,10?,11?,12?,13+,14?,15?,16?,17+,18+,19?,20+,21-/m0/s1. The number of aliphatic hydroxyl groups excluding tert-OH is 6. The van der Waals surface area contributed by atoms with Gasteiger partial charge in [-0.15, -0.1) is 0 Å². The summed E-state index contributed by atoms with van der Waals surface area (Å²) in [5, 5.41) is 65.0. The van der Waals surface area contributed by atoms with Gasteiger partial charge in [0.15, 0.2) is 12.6 Å². The summed E-state index contributed by atoms with van der Waals surface area (Å²) in [5.74, 6) is 0. The summed E-state index contributed by atoms with van der Waals surface area (Å²) in [6, 6.07) is -2.97. The first-order chi connectivity index (χ1) is 16.5. The number of rotatable bonds is 9. The minimum atomic E-state index is -1.45. The highest BCUT2D eigenvalue weighted by molar-refractivity contribution is 5.02. The van der Waals surface area contributed by atoms with Gasteiger partial charge in [0.05, 0.1) is 18.8 Å². The fourth-order valence-corrected chi connectivity index (χ4v) is 4.86. The Bertz CT molecular complexity index is 664. The minimum Gasteiger partial charge on any atom is -0.394 e. The van der Waals surface area contributed by atoms with Gasteiger partial charge in [0, 0.05) is 18.1 Å². The van der Waals surface area contributed by atoms with Crippen molar-refractivity contribution in [2.75, 3.05) is 13.2 Å². The predicted molar refractivity (Wildman–Crippen MR) is 120 cm³/mol. The van der Waals surface area contributed by atoms with E-state index in [1.54, 1.807) is 6.92 Å². The van der Waals surface area contributed by atoms with E-state index in [4.69, 9.17) is 36.1 Å². The molecule has 15 atom stereocenters. The molecule has 3 fully saturated rings. The van der Waals surface area contributed by atoms with Crippen LogP contribution in [0.2, 0.25) is 0 Å². The van der Waals surface area contributed by atoms with Crippen LogP contribution in [0.4, 0.5) is 0 Å². The lowest BCUT2D eigenvalue weighted by atomic mass is 9.83. The van der Waals surface area contributed by atoms with Crippen LogP contribution in [0.25, 0.3) is 0 Å². The van der Waals surface area contributed by atoms with Crippen molar-refractivity contribution in [3.05, 3.63) is 0 Å². The molecule has 8 unspecified atom stereocenters. The molecular weight excluding hydrogens is 468 g/mol. The Hall–Kier alpha value is -0.560. The molecule has 3 rings (SSSR count). The number of nitrogens with two attached hydrogens (primary N) is 3. The van der Waals surface area contributed by atoms with Crippen LogP contribution in [-0.2, 0) is 18.9 Å². The van der Waals surface area contributed by atoms with Crippen molar-refractivity contribution >= 4 is 0 Å². The predicted octanol–water partition coefficient (Wildman–Crippen LogP) is -5.22. The number of ether oxygens (including phenoxy) is 4. The van der Waals surface area contributed by atoms with Gasteiger partial charge >= 0.3 is 0 Å². The average Bonchev–Trinajstić information content (AvgIpc) is 3.11. The fraction of sp³-hybridized carbons (Fsp3) is 1.00. The molecule has 1 saturated carbocycles. The fourth-order valence-electron chi connectivity index (χ4n) is 4.86. The van der Waals surface area contributed by atoms with Crippen LogP contribution in [0, 0.1) is 0 Å². The van der Waals surface area contributed by atoms with Crippen LogP contribution in [0.1, 0.15) is 26.7 Å². The zero-order valence-corrected chi connectivity index (χ0v) is 20.0. The Morgan fingerprint density at radius 2 is 1.57 bits per heavy atom. The molecule has 0 amide bonds. The second kappa shape index (κ2) is 12.3. The summed E-state index contributed by atoms with van der Waals surface area (Å²) in [4.78, 5) is 0. The molecule has 0 radical (unpaired) electrons. The van der Waals surface area contributed by atoms with E-state index >= 15 is 0 Å². The van der Waals surface area contributed by atoms with Gasteiger partial charge in [-0.05, 0) is 26.3 Å². The number of nitrogens with one attached hydrogen (secondary N) is 1. The van der Waals surface area contributed by atoms with Gasteiger partial charge < -0.3 is 72.1 Å². The zero-order valence-electron chi connectivity index (χ0n) is 20.0. The Kier molecular flexibility index (Phi) is 10.2. The molecule has 0 aromatic rings. The maximum atomic E-state index is 11.2.